The first-order valence-electron chi connectivity index (χ1n) is 13.1. The molecule has 2 aliphatic rings. The topological polar surface area (TPSA) is 54.0 Å². The summed E-state index contributed by atoms with van der Waals surface area (Å²) in [5.41, 5.74) is -0.682. The van der Waals surface area contributed by atoms with Crippen LogP contribution in [0.2, 0.25) is 0 Å². The number of esters is 1. The molecular formula is C29H45F3O5. The number of halogens is 3. The van der Waals surface area contributed by atoms with Gasteiger partial charge < -0.3 is 9.47 Å². The molecule has 3 rings (SSSR count). The third kappa shape index (κ3) is 13.2. The molecule has 1 unspecified atom stereocenters. The van der Waals surface area contributed by atoms with Gasteiger partial charge in [-0.2, -0.15) is 13.2 Å². The van der Waals surface area contributed by atoms with Crippen molar-refractivity contribution in [3.63, 3.8) is 0 Å². The highest BCUT2D eigenvalue weighted by Gasteiger charge is 2.48. The molecule has 2 bridgehead atoms. The largest absolute Gasteiger partial charge is 0.494 e. The van der Waals surface area contributed by atoms with Gasteiger partial charge in [0.25, 0.3) is 0 Å². The van der Waals surface area contributed by atoms with Gasteiger partial charge in [-0.25, -0.2) is 9.78 Å². The van der Waals surface area contributed by atoms with Crippen molar-refractivity contribution >= 4 is 5.97 Å². The number of hydrogen-bond acceptors (Lipinski definition) is 5. The molecule has 0 radical (unpaired) electrons. The molecule has 1 saturated heterocycles. The van der Waals surface area contributed by atoms with Crippen molar-refractivity contribution in [2.75, 3.05) is 6.61 Å². The molecule has 212 valence electrons. The molecule has 2 fully saturated rings. The van der Waals surface area contributed by atoms with E-state index in [1.165, 1.54) is 12.1 Å². The van der Waals surface area contributed by atoms with Crippen molar-refractivity contribution in [1.29, 1.82) is 0 Å². The molecule has 1 aliphatic carbocycles. The summed E-state index contributed by atoms with van der Waals surface area (Å²) in [5, 5.41) is 0. The summed E-state index contributed by atoms with van der Waals surface area (Å²) >= 11 is 0. The van der Waals surface area contributed by atoms with Crippen LogP contribution in [-0.2, 0) is 25.5 Å². The van der Waals surface area contributed by atoms with Gasteiger partial charge in [-0.3, -0.25) is 4.79 Å². The molecule has 4 atom stereocenters. The number of allylic oxidation sites excluding steroid dienone is 2. The summed E-state index contributed by atoms with van der Waals surface area (Å²) in [4.78, 5) is 21.1. The van der Waals surface area contributed by atoms with Crippen LogP contribution in [0.3, 0.4) is 0 Å². The zero-order valence-electron chi connectivity index (χ0n) is 23.3. The zero-order valence-corrected chi connectivity index (χ0v) is 23.3. The second-order valence-corrected chi connectivity index (χ2v) is 8.54. The summed E-state index contributed by atoms with van der Waals surface area (Å²) in [5.74, 6) is 1.26. The van der Waals surface area contributed by atoms with Crippen LogP contribution in [0.25, 0.3) is 0 Å². The number of carbonyl (C=O) groups excluding carboxylic acids is 1. The number of benzene rings is 1. The zero-order chi connectivity index (χ0) is 28.4. The standard InChI is InChI=1S/C11H16O2.C9H9F3O.C7H14O2.C2H6/c1-3-5-8-9(6-4-2)11-7-10(8)12-13-11;1-2-13-8-5-3-4-7(6-8)9(10,11)12;1-4-5-7(8)9-6(2)3;1-2/h3-4,6,8-11H,1,5,7H2,2H3;3-6H,2H2,1H3;6H,4-5H2,1-3H3;1-2H3/b6-4+;;;/t8-,9?,10+,11-;;;/m1.../s1. The average Bonchev–Trinajstić information content (AvgIpc) is 3.44. The van der Waals surface area contributed by atoms with E-state index in [-0.39, 0.29) is 23.9 Å². The number of carbonyl (C=O) groups is 1. The van der Waals surface area contributed by atoms with Gasteiger partial charge in [0.1, 0.15) is 11.9 Å². The van der Waals surface area contributed by atoms with E-state index in [1.54, 1.807) is 6.92 Å². The summed E-state index contributed by atoms with van der Waals surface area (Å²) in [6.07, 6.45) is 6.11. The Bertz CT molecular complexity index is 792. The van der Waals surface area contributed by atoms with E-state index in [2.05, 4.69) is 25.7 Å². The smallest absolute Gasteiger partial charge is 0.416 e. The first-order chi connectivity index (χ1) is 17.6. The van der Waals surface area contributed by atoms with Gasteiger partial charge in [0, 0.05) is 24.7 Å². The van der Waals surface area contributed by atoms with E-state index in [0.29, 0.717) is 31.0 Å². The maximum absolute atomic E-state index is 12.2. The lowest BCUT2D eigenvalue weighted by Gasteiger charge is -2.26. The summed E-state index contributed by atoms with van der Waals surface area (Å²) in [6, 6.07) is 4.83. The lowest BCUT2D eigenvalue weighted by molar-refractivity contribution is -0.336. The second kappa shape index (κ2) is 18.9. The molecule has 0 amide bonds. The van der Waals surface area contributed by atoms with Crippen molar-refractivity contribution in [3.8, 4) is 5.75 Å². The highest BCUT2D eigenvalue weighted by molar-refractivity contribution is 5.69. The van der Waals surface area contributed by atoms with Crippen molar-refractivity contribution in [2.24, 2.45) is 11.8 Å². The number of alkyl halides is 3. The molecule has 0 N–H and O–H groups in total. The van der Waals surface area contributed by atoms with E-state index in [4.69, 9.17) is 19.2 Å². The van der Waals surface area contributed by atoms with Crippen molar-refractivity contribution in [2.45, 2.75) is 98.6 Å². The Kier molecular flexibility index (Phi) is 17.7. The molecule has 1 aromatic rings. The van der Waals surface area contributed by atoms with Gasteiger partial charge in [0.05, 0.1) is 24.4 Å². The van der Waals surface area contributed by atoms with Gasteiger partial charge in [-0.15, -0.1) is 6.58 Å². The molecule has 8 heteroatoms. The molecular weight excluding hydrogens is 485 g/mol. The third-order valence-corrected chi connectivity index (χ3v) is 5.32. The molecule has 37 heavy (non-hydrogen) atoms. The molecule has 1 aromatic carbocycles. The van der Waals surface area contributed by atoms with Gasteiger partial charge in [-0.05, 0) is 58.7 Å². The summed E-state index contributed by atoms with van der Waals surface area (Å²) in [7, 11) is 0. The van der Waals surface area contributed by atoms with Crippen LogP contribution in [0.5, 0.6) is 5.75 Å². The van der Waals surface area contributed by atoms with E-state index in [9.17, 15) is 18.0 Å². The highest BCUT2D eigenvalue weighted by atomic mass is 19.4. The minimum atomic E-state index is -4.30. The fraction of sp³-hybridized carbons (Fsp3) is 0.621. The lowest BCUT2D eigenvalue weighted by Crippen LogP contribution is -2.28. The van der Waals surface area contributed by atoms with Crippen LogP contribution < -0.4 is 4.74 Å². The Morgan fingerprint density at radius 2 is 1.84 bits per heavy atom. The van der Waals surface area contributed by atoms with Crippen LogP contribution in [0.15, 0.2) is 49.1 Å². The first kappa shape index (κ1) is 34.7. The average molecular weight is 531 g/mol. The number of fused-ring (bicyclic) bond motifs is 2. The van der Waals surface area contributed by atoms with Crippen LogP contribution in [0.4, 0.5) is 13.2 Å². The normalized spacial score (nSPS) is 21.7. The van der Waals surface area contributed by atoms with Crippen molar-refractivity contribution in [3.05, 3.63) is 54.6 Å². The SMILES string of the molecule is C=CC[C@@H]1C(/C=C/C)[C@H]2C[C@@H]1OO2.CC.CCCC(=O)OC(C)C.CCOc1cccc(C(F)(F)F)c1. The second-order valence-electron chi connectivity index (χ2n) is 8.54. The Labute approximate surface area is 220 Å². The Morgan fingerprint density at radius 3 is 2.35 bits per heavy atom. The van der Waals surface area contributed by atoms with Crippen LogP contribution in [0.1, 0.15) is 79.7 Å². The predicted molar refractivity (Wildman–Crippen MR) is 141 cm³/mol. The maximum Gasteiger partial charge on any atom is 0.416 e. The molecule has 1 heterocycles. The molecule has 5 nitrogen and oxygen atoms in total. The summed E-state index contributed by atoms with van der Waals surface area (Å²) < 4.78 is 46.3. The van der Waals surface area contributed by atoms with Crippen molar-refractivity contribution < 1.29 is 37.2 Å². The van der Waals surface area contributed by atoms with Crippen LogP contribution in [-0.4, -0.2) is 30.9 Å². The Balaban J connectivity index is 0.000000518. The number of ether oxygens (including phenoxy) is 2. The summed E-state index contributed by atoms with van der Waals surface area (Å²) in [6.45, 7) is 17.6. The van der Waals surface area contributed by atoms with Gasteiger partial charge in [0.2, 0.25) is 0 Å². The minimum absolute atomic E-state index is 0.0315. The fourth-order valence-corrected chi connectivity index (χ4v) is 3.89. The van der Waals surface area contributed by atoms with Gasteiger partial charge >= 0.3 is 12.1 Å². The number of rotatable bonds is 8. The fourth-order valence-electron chi connectivity index (χ4n) is 3.89. The molecule has 0 spiro atoms. The monoisotopic (exact) mass is 530 g/mol. The van der Waals surface area contributed by atoms with Gasteiger partial charge in [-0.1, -0.05) is 45.1 Å². The first-order valence-corrected chi connectivity index (χ1v) is 13.1. The predicted octanol–water partition coefficient (Wildman–Crippen LogP) is 8.34. The Hall–Kier alpha value is -2.32. The van der Waals surface area contributed by atoms with E-state index in [1.807, 2.05) is 40.7 Å². The van der Waals surface area contributed by atoms with Gasteiger partial charge in [0.15, 0.2) is 0 Å². The lowest BCUT2D eigenvalue weighted by atomic mass is 9.90. The maximum atomic E-state index is 12.2. The molecule has 1 saturated carbocycles. The third-order valence-electron chi connectivity index (χ3n) is 5.32. The quantitative estimate of drug-likeness (QED) is 0.192. The van der Waals surface area contributed by atoms with E-state index in [0.717, 1.165) is 31.4 Å². The molecule has 1 aliphatic heterocycles. The number of hydrogen-bond donors (Lipinski definition) is 0. The van der Waals surface area contributed by atoms with E-state index < -0.39 is 11.7 Å². The van der Waals surface area contributed by atoms with Crippen LogP contribution in [0, 0.1) is 11.8 Å². The highest BCUT2D eigenvalue weighted by Crippen LogP contribution is 2.44. The van der Waals surface area contributed by atoms with E-state index >= 15 is 0 Å². The van der Waals surface area contributed by atoms with Crippen LogP contribution >= 0.6 is 0 Å². The molecule has 0 aromatic heterocycles. The minimum Gasteiger partial charge on any atom is -0.494 e. The van der Waals surface area contributed by atoms with Crippen molar-refractivity contribution in [1.82, 2.24) is 0 Å². The Morgan fingerprint density at radius 1 is 1.19 bits per heavy atom.